The topological polar surface area (TPSA) is 58.5 Å². The van der Waals surface area contributed by atoms with Crippen molar-refractivity contribution in [2.24, 2.45) is 11.6 Å². The first-order valence-electron chi connectivity index (χ1n) is 3.15. The van der Waals surface area contributed by atoms with Crippen molar-refractivity contribution >= 4 is 0 Å². The molecule has 1 aliphatic rings. The lowest BCUT2D eigenvalue weighted by molar-refractivity contribution is 0.0943. The minimum atomic E-state index is 0.0174. The quantitative estimate of drug-likeness (QED) is 0.387. The first-order valence-corrected chi connectivity index (χ1v) is 3.15. The van der Waals surface area contributed by atoms with E-state index in [0.29, 0.717) is 0 Å². The Morgan fingerprint density at radius 1 is 1.44 bits per heavy atom. The van der Waals surface area contributed by atoms with Gasteiger partial charge < -0.3 is 10.6 Å². The molecule has 4 N–H and O–H groups in total. The van der Waals surface area contributed by atoms with E-state index in [0.717, 1.165) is 19.6 Å². The second-order valence-corrected chi connectivity index (χ2v) is 2.57. The van der Waals surface area contributed by atoms with Crippen molar-refractivity contribution in [1.29, 1.82) is 0 Å². The normalized spacial score (nSPS) is 33.0. The van der Waals surface area contributed by atoms with Crippen LogP contribution in [0.15, 0.2) is 0 Å². The number of nitrogens with zero attached hydrogens (tertiary/aromatic N) is 2. The molecule has 0 aromatic rings. The van der Waals surface area contributed by atoms with Crippen LogP contribution in [0.1, 0.15) is 0 Å². The second kappa shape index (κ2) is 2.62. The summed E-state index contributed by atoms with van der Waals surface area (Å²) in [6.45, 7) is 2.76. The van der Waals surface area contributed by atoms with Crippen LogP contribution in [0.3, 0.4) is 0 Å². The molecule has 1 heterocycles. The van der Waals surface area contributed by atoms with Crippen molar-refractivity contribution < 1.29 is 0 Å². The molecule has 9 heavy (non-hydrogen) atoms. The fraction of sp³-hybridized carbons (Fsp3) is 1.00. The van der Waals surface area contributed by atoms with Gasteiger partial charge in [-0.1, -0.05) is 0 Å². The third kappa shape index (κ3) is 1.62. The molecule has 1 atom stereocenters. The van der Waals surface area contributed by atoms with E-state index in [1.54, 1.807) is 5.01 Å². The standard InChI is InChI=1S/C5H14N4/c1-8-2-3-9(7)5(6)4-8/h5H,2-4,6-7H2,1H3. The van der Waals surface area contributed by atoms with Gasteiger partial charge in [0, 0.05) is 19.6 Å². The van der Waals surface area contributed by atoms with Crippen LogP contribution >= 0.6 is 0 Å². The highest BCUT2D eigenvalue weighted by molar-refractivity contribution is 4.71. The molecule has 54 valence electrons. The third-order valence-corrected chi connectivity index (χ3v) is 1.66. The highest BCUT2D eigenvalue weighted by Gasteiger charge is 2.17. The zero-order valence-corrected chi connectivity index (χ0v) is 5.75. The zero-order valence-electron chi connectivity index (χ0n) is 5.75. The number of nitrogens with two attached hydrogens (primary N) is 2. The lowest BCUT2D eigenvalue weighted by Crippen LogP contribution is -2.58. The fourth-order valence-corrected chi connectivity index (χ4v) is 0.967. The summed E-state index contributed by atoms with van der Waals surface area (Å²) in [6.07, 6.45) is 0.0174. The molecule has 0 bridgehead atoms. The van der Waals surface area contributed by atoms with Crippen LogP contribution in [0, 0.1) is 0 Å². The van der Waals surface area contributed by atoms with Crippen LogP contribution in [0.2, 0.25) is 0 Å². The van der Waals surface area contributed by atoms with Gasteiger partial charge >= 0.3 is 0 Å². The molecule has 1 rings (SSSR count). The molecule has 0 radical (unpaired) electrons. The van der Waals surface area contributed by atoms with E-state index in [2.05, 4.69) is 4.90 Å². The largest absolute Gasteiger partial charge is 0.314 e. The molecular formula is C5H14N4. The van der Waals surface area contributed by atoms with E-state index in [4.69, 9.17) is 11.6 Å². The van der Waals surface area contributed by atoms with Crippen molar-refractivity contribution in [3.8, 4) is 0 Å². The minimum absolute atomic E-state index is 0.0174. The highest BCUT2D eigenvalue weighted by atomic mass is 15.5. The van der Waals surface area contributed by atoms with E-state index in [-0.39, 0.29) is 6.17 Å². The van der Waals surface area contributed by atoms with E-state index < -0.39 is 0 Å². The summed E-state index contributed by atoms with van der Waals surface area (Å²) < 4.78 is 0. The first-order chi connectivity index (χ1) is 4.20. The Hall–Kier alpha value is -0.160. The van der Waals surface area contributed by atoms with Gasteiger partial charge in [-0.25, -0.2) is 5.01 Å². The summed E-state index contributed by atoms with van der Waals surface area (Å²) in [4.78, 5) is 2.17. The Morgan fingerprint density at radius 2 is 2.11 bits per heavy atom. The number of likely N-dealkylation sites (N-methyl/N-ethyl adjacent to an activating group) is 1. The number of rotatable bonds is 0. The molecule has 0 aromatic heterocycles. The van der Waals surface area contributed by atoms with Gasteiger partial charge in [0.2, 0.25) is 0 Å². The Morgan fingerprint density at radius 3 is 2.56 bits per heavy atom. The summed E-state index contributed by atoms with van der Waals surface area (Å²) in [5.74, 6) is 5.52. The molecule has 4 heteroatoms. The molecule has 1 aliphatic heterocycles. The molecule has 0 saturated carbocycles. The van der Waals surface area contributed by atoms with Crippen molar-refractivity contribution in [1.82, 2.24) is 9.91 Å². The maximum Gasteiger partial charge on any atom is 0.0834 e. The van der Waals surface area contributed by atoms with Crippen LogP contribution < -0.4 is 11.6 Å². The summed E-state index contributed by atoms with van der Waals surface area (Å²) >= 11 is 0. The molecule has 0 aromatic carbocycles. The van der Waals surface area contributed by atoms with Crippen LogP contribution in [-0.2, 0) is 0 Å². The summed E-state index contributed by atoms with van der Waals surface area (Å²) in [7, 11) is 2.05. The minimum Gasteiger partial charge on any atom is -0.314 e. The number of hydrogen-bond acceptors (Lipinski definition) is 4. The van der Waals surface area contributed by atoms with Gasteiger partial charge in [0.15, 0.2) is 0 Å². The van der Waals surface area contributed by atoms with Crippen LogP contribution in [0.5, 0.6) is 0 Å². The average Bonchev–Trinajstić information content (AvgIpc) is 1.80. The van der Waals surface area contributed by atoms with Crippen molar-refractivity contribution in [2.45, 2.75) is 6.17 Å². The smallest absolute Gasteiger partial charge is 0.0834 e. The van der Waals surface area contributed by atoms with Crippen LogP contribution in [-0.4, -0.2) is 42.8 Å². The van der Waals surface area contributed by atoms with Crippen molar-refractivity contribution in [3.05, 3.63) is 0 Å². The Labute approximate surface area is 55.4 Å². The van der Waals surface area contributed by atoms with E-state index >= 15 is 0 Å². The number of hydrazine groups is 1. The van der Waals surface area contributed by atoms with Gasteiger partial charge in [0.1, 0.15) is 0 Å². The van der Waals surface area contributed by atoms with Crippen LogP contribution in [0.4, 0.5) is 0 Å². The SMILES string of the molecule is CN1CCN(N)C(N)C1. The van der Waals surface area contributed by atoms with Gasteiger partial charge in [0.25, 0.3) is 0 Å². The van der Waals surface area contributed by atoms with Gasteiger partial charge in [-0.3, -0.25) is 5.84 Å². The molecule has 4 nitrogen and oxygen atoms in total. The molecule has 1 fully saturated rings. The number of piperazine rings is 1. The summed E-state index contributed by atoms with van der Waals surface area (Å²) in [5, 5.41) is 1.68. The average molecular weight is 130 g/mol. The molecule has 1 saturated heterocycles. The van der Waals surface area contributed by atoms with Crippen molar-refractivity contribution in [3.63, 3.8) is 0 Å². The Balaban J connectivity index is 2.35. The summed E-state index contributed by atoms with van der Waals surface area (Å²) in [6, 6.07) is 0. The van der Waals surface area contributed by atoms with E-state index in [1.165, 1.54) is 0 Å². The molecule has 0 spiro atoms. The van der Waals surface area contributed by atoms with Crippen molar-refractivity contribution in [2.75, 3.05) is 26.7 Å². The fourth-order valence-electron chi connectivity index (χ4n) is 0.967. The summed E-state index contributed by atoms with van der Waals surface area (Å²) in [5.41, 5.74) is 5.63. The van der Waals surface area contributed by atoms with E-state index in [9.17, 15) is 0 Å². The third-order valence-electron chi connectivity index (χ3n) is 1.66. The molecular weight excluding hydrogens is 116 g/mol. The van der Waals surface area contributed by atoms with Gasteiger partial charge in [-0.05, 0) is 7.05 Å². The zero-order chi connectivity index (χ0) is 6.85. The lowest BCUT2D eigenvalue weighted by atomic mass is 10.3. The first kappa shape index (κ1) is 6.95. The lowest BCUT2D eigenvalue weighted by Gasteiger charge is -2.34. The van der Waals surface area contributed by atoms with Gasteiger partial charge in [-0.15, -0.1) is 0 Å². The Bertz CT molecular complexity index is 95.0. The Kier molecular flexibility index (Phi) is 2.02. The van der Waals surface area contributed by atoms with Gasteiger partial charge in [0.05, 0.1) is 6.17 Å². The molecule has 0 aliphatic carbocycles. The molecule has 0 amide bonds. The molecule has 1 unspecified atom stereocenters. The highest BCUT2D eigenvalue weighted by Crippen LogP contribution is 1.96. The monoisotopic (exact) mass is 130 g/mol. The maximum absolute atomic E-state index is 5.63. The van der Waals surface area contributed by atoms with Crippen LogP contribution in [0.25, 0.3) is 0 Å². The maximum atomic E-state index is 5.63. The van der Waals surface area contributed by atoms with Gasteiger partial charge in [-0.2, -0.15) is 0 Å². The predicted molar refractivity (Wildman–Crippen MR) is 36.4 cm³/mol. The number of hydrogen-bond donors (Lipinski definition) is 2. The predicted octanol–water partition coefficient (Wildman–Crippen LogP) is -1.61. The van der Waals surface area contributed by atoms with E-state index in [1.807, 2.05) is 7.05 Å². The second-order valence-electron chi connectivity index (χ2n) is 2.57.